The van der Waals surface area contributed by atoms with E-state index in [0.717, 1.165) is 12.2 Å². The Hall–Kier alpha value is 52.4. The monoisotopic (exact) mass is 1390 g/mol. The fraction of sp³-hybridized carbons (Fsp3) is 0. The summed E-state index contributed by atoms with van der Waals surface area (Å²) in [5.74, 6) is -1.96. The molecule has 0 fully saturated rings. The van der Waals surface area contributed by atoms with Crippen molar-refractivity contribution in [1.82, 2.24) is 0 Å². The molecule has 0 amide bonds. The summed E-state index contributed by atoms with van der Waals surface area (Å²) in [5, 5.41) is 15.2. The molecule has 0 aromatic rings. The van der Waals surface area contributed by atoms with E-state index in [-0.39, 0.29) is 1600 Å². The molecule has 56 valence electrons. The number of rotatable bonds is 2. The van der Waals surface area contributed by atoms with Gasteiger partial charge < -0.3 is 10.2 Å². The summed E-state index contributed by atoms with van der Waals surface area (Å²) < 4.78 is 0. The second kappa shape index (κ2) is 414. The first-order valence-electron chi connectivity index (χ1n) is 2.25. The molecule has 0 aliphatic heterocycles. The van der Waals surface area contributed by atoms with Gasteiger partial charge in [-0.1, -0.05) is 13.2 Å². The summed E-state index contributed by atoms with van der Waals surface area (Å²) >= 11 is 0. The van der Waals surface area contributed by atoms with Crippen molar-refractivity contribution in [3.8, 4) is 0 Å². The van der Waals surface area contributed by atoms with Crippen LogP contribution in [-0.4, -0.2) is 22.2 Å². The number of carbonyl (C=O) groups is 2. The topological polar surface area (TPSA) is 74.6 Å². The Morgan fingerprint density at radius 2 is 0.188 bits per heavy atom. The van der Waals surface area contributed by atoms with Crippen molar-refractivity contribution in [3.63, 3.8) is 0 Å². The summed E-state index contributed by atoms with van der Waals surface area (Å²) in [6.07, 6.45) is 1.67. The summed E-state index contributed by atoms with van der Waals surface area (Å²) in [4.78, 5) is 18.5. The van der Waals surface area contributed by atoms with Crippen LogP contribution in [0.3, 0.4) is 0 Å². The molecular weight excluding hydrogens is 1380 g/mol. The van der Waals surface area contributed by atoms with E-state index in [1.54, 1.807) is 0 Å². The third kappa shape index (κ3) is 462. The Labute approximate surface area is 1590 Å². The number of carboxylic acid groups (broad SMARTS) is 2. The first-order chi connectivity index (χ1) is 4.54. The van der Waals surface area contributed by atoms with Crippen LogP contribution in [0, 0.1) is 0 Å². The minimum atomic E-state index is -0.981. The fourth-order valence-corrected chi connectivity index (χ4v) is 0. The molecule has 58 heteroatoms. The van der Waals surface area contributed by atoms with Gasteiger partial charge in [0.2, 0.25) is 0 Å². The smallest absolute Gasteiger partial charge is 0.478 e. The van der Waals surface area contributed by atoms with Crippen LogP contribution in [0.1, 0.15) is 0 Å². The maximum absolute atomic E-state index is 9.25. The molecule has 0 radical (unpaired) electrons. The molecule has 0 saturated heterocycles. The second-order valence-electron chi connectivity index (χ2n) is 1.08. The van der Waals surface area contributed by atoms with Gasteiger partial charge in [-0.05, 0) is 0 Å². The van der Waals surface area contributed by atoms with Crippen LogP contribution in [0.15, 0.2) is 25.3 Å². The molecule has 64 heavy (non-hydrogen) atoms. The van der Waals surface area contributed by atoms with Gasteiger partial charge in [-0.15, -0.1) is 0 Å². The Bertz CT molecular complexity index is 170. The zero-order valence-corrected chi connectivity index (χ0v) is 167. The molecule has 0 spiro atoms. The van der Waals surface area contributed by atoms with E-state index in [1.165, 1.54) is 0 Å². The molecule has 0 aliphatic rings. The normalized spacial score (nSPS) is 1.00. The molecule has 0 heterocycles. The van der Waals surface area contributed by atoms with Crippen LogP contribution in [-0.2, 0) is 9.59 Å². The number of carboxylic acids is 2. The molecule has 0 rings (SSSR count). The molecule has 0 aliphatic carbocycles. The van der Waals surface area contributed by atoms with Crippen LogP contribution < -0.4 is 1600 Å². The van der Waals surface area contributed by atoms with Gasteiger partial charge >= 0.3 is 1610 Å². The van der Waals surface area contributed by atoms with Crippen molar-refractivity contribution in [1.29, 1.82) is 0 Å². The van der Waals surface area contributed by atoms with E-state index in [9.17, 15) is 9.59 Å². The first kappa shape index (κ1) is 425. The molecule has 0 bridgehead atoms. The Balaban J connectivity index is -0.000000000201. The minimum Gasteiger partial charge on any atom is -0.478 e. The van der Waals surface area contributed by atoms with Crippen molar-refractivity contribution >= 4 is 11.9 Å². The first-order valence-corrected chi connectivity index (χ1v) is 2.25. The minimum absolute atomic E-state index is 0. The number of hydrogen-bond acceptors (Lipinski definition) is 2. The number of aliphatic carboxylic acids is 2. The summed E-state index contributed by atoms with van der Waals surface area (Å²) in [5.41, 5.74) is 0. The predicted octanol–water partition coefficient (Wildman–Crippen LogP) is -161. The van der Waals surface area contributed by atoms with Crippen LogP contribution in [0.5, 0.6) is 0 Å². The van der Waals surface area contributed by atoms with Gasteiger partial charge in [-0.3, -0.25) is 0 Å². The fourth-order valence-electron chi connectivity index (χ4n) is 0. The van der Waals surface area contributed by atoms with Crippen molar-refractivity contribution in [2.75, 3.05) is 0 Å². The maximum atomic E-state index is 9.25. The second-order valence-corrected chi connectivity index (χ2v) is 1.08. The van der Waals surface area contributed by atoms with Crippen LogP contribution in [0.25, 0.3) is 0 Å². The third-order valence-electron chi connectivity index (χ3n) is 0.349. The van der Waals surface area contributed by atoms with Crippen LogP contribution in [0.2, 0.25) is 0 Å². The Kier molecular flexibility index (Phi) is 2750. The van der Waals surface area contributed by atoms with E-state index in [0.29, 0.717) is 0 Å². The van der Waals surface area contributed by atoms with Gasteiger partial charge in [-0.25, -0.2) is 9.59 Å². The molecule has 2 N–H and O–H groups in total. The summed E-state index contributed by atoms with van der Waals surface area (Å²) in [7, 11) is 0. The van der Waals surface area contributed by atoms with Gasteiger partial charge in [0.15, 0.2) is 0 Å². The SMILES string of the molecule is C=CC(=O)O.C=CC(=O)O.[Na+].[Na+].[Na+].[Na+].[Na+].[Na+].[Na+].[Na+].[Na+].[Na+].[Na+].[Na+].[Na+].[Na+].[Na+].[Na+].[Na+].[Na+].[Na+].[Na+].[Na+].[Na+].[Na+].[Na+].[Na+].[Na+].[Na+].[Na+].[Na+].[Na+].[Na+].[Na+].[Na+].[Na+].[Na+].[Na+].[Na+].[Na+].[Na+].[Na+].[Na+].[Na+].[Na+].[Na+].[Na+].[Na+].[Na+].[Na+].[Na+].[Na+].[Na+].[Na+].[Na+].[Na+]. The molecule has 0 saturated carbocycles. The Morgan fingerprint density at radius 3 is 0.188 bits per heavy atom. The van der Waals surface area contributed by atoms with Crippen LogP contribution in [0.4, 0.5) is 0 Å². The van der Waals surface area contributed by atoms with Crippen molar-refractivity contribution in [2.45, 2.75) is 0 Å². The van der Waals surface area contributed by atoms with E-state index in [4.69, 9.17) is 10.2 Å². The van der Waals surface area contributed by atoms with E-state index >= 15 is 0 Å². The standard InChI is InChI=1S/2C3H4O2.54Na/c2*1-2-3(4)5;;;;;;;;;;;;;;;;;;;;;;;;;;;;;;;;;;;;;;;;;;;;;;;;;;;;;;/h2*2H,1H2,(H,4,5);;;;;;;;;;;;;;;;;;;;;;;;;;;;;;;;;;;;;;;;;;;;;;;;;;;;;;/q;;54*+1. The van der Waals surface area contributed by atoms with Gasteiger partial charge in [0.25, 0.3) is 0 Å². The van der Waals surface area contributed by atoms with Gasteiger partial charge in [0, 0.05) is 12.2 Å². The molecule has 0 atom stereocenters. The van der Waals surface area contributed by atoms with Gasteiger partial charge in [-0.2, -0.15) is 0 Å². The average Bonchev–Trinajstić information content (AvgIpc) is 1.89. The zero-order chi connectivity index (χ0) is 8.57. The van der Waals surface area contributed by atoms with E-state index in [2.05, 4.69) is 13.2 Å². The summed E-state index contributed by atoms with van der Waals surface area (Å²) in [6.45, 7) is 5.92. The van der Waals surface area contributed by atoms with E-state index in [1.807, 2.05) is 0 Å². The molecule has 0 unspecified atom stereocenters. The molecular formula is C6H8Na54O4+54. The third-order valence-corrected chi connectivity index (χ3v) is 0.349. The van der Waals surface area contributed by atoms with Crippen molar-refractivity contribution in [2.24, 2.45) is 0 Å². The van der Waals surface area contributed by atoms with E-state index < -0.39 is 11.9 Å². The summed E-state index contributed by atoms with van der Waals surface area (Å²) in [6, 6.07) is 0. The van der Waals surface area contributed by atoms with Gasteiger partial charge in [0.1, 0.15) is 0 Å². The Morgan fingerprint density at radius 1 is 0.172 bits per heavy atom. The predicted molar refractivity (Wildman–Crippen MR) is 35.7 cm³/mol. The zero-order valence-electron chi connectivity index (χ0n) is 59.3. The average molecular weight is 1390 g/mol. The molecule has 0 aromatic heterocycles. The maximum Gasteiger partial charge on any atom is 1.00 e. The van der Waals surface area contributed by atoms with Crippen molar-refractivity contribution in [3.05, 3.63) is 25.3 Å². The largest absolute Gasteiger partial charge is 1.00 e. The molecule has 4 nitrogen and oxygen atoms in total. The van der Waals surface area contributed by atoms with Crippen molar-refractivity contribution < 1.29 is 1620 Å². The molecule has 0 aromatic carbocycles. The van der Waals surface area contributed by atoms with Gasteiger partial charge in [0.05, 0.1) is 0 Å². The number of hydrogen-bond donors (Lipinski definition) is 2. The quantitative estimate of drug-likeness (QED) is 0.213. The van der Waals surface area contributed by atoms with Crippen LogP contribution >= 0.6 is 0 Å².